The fourth-order valence-electron chi connectivity index (χ4n) is 2.50. The van der Waals surface area contributed by atoms with Crippen LogP contribution in [0.5, 0.6) is 0 Å². The van der Waals surface area contributed by atoms with Gasteiger partial charge in [-0.3, -0.25) is 14.5 Å². The first-order valence-corrected chi connectivity index (χ1v) is 6.67. The van der Waals surface area contributed by atoms with E-state index in [1.807, 2.05) is 39.0 Å². The van der Waals surface area contributed by atoms with Crippen LogP contribution in [-0.4, -0.2) is 23.9 Å². The number of hydrogen-bond donors (Lipinski definition) is 1. The van der Waals surface area contributed by atoms with Crippen molar-refractivity contribution in [3.05, 3.63) is 29.3 Å². The summed E-state index contributed by atoms with van der Waals surface area (Å²) in [5.41, 5.74) is 3.02. The molecule has 1 fully saturated rings. The molecule has 1 heterocycles. The molecule has 2 rings (SSSR count). The van der Waals surface area contributed by atoms with Gasteiger partial charge in [-0.05, 0) is 44.4 Å². The predicted octanol–water partition coefficient (Wildman–Crippen LogP) is 1.93. The highest BCUT2D eigenvalue weighted by Crippen LogP contribution is 2.28. The van der Waals surface area contributed by atoms with Crippen LogP contribution in [0.15, 0.2) is 18.2 Å². The third kappa shape index (κ3) is 2.23. The molecular weight excluding hydrogens is 240 g/mol. The van der Waals surface area contributed by atoms with Crippen molar-refractivity contribution >= 4 is 17.5 Å². The number of amides is 2. The lowest BCUT2D eigenvalue weighted by molar-refractivity contribution is -0.133. The first-order valence-electron chi connectivity index (χ1n) is 6.67. The van der Waals surface area contributed by atoms with Crippen LogP contribution in [-0.2, 0) is 9.59 Å². The number of carbonyl (C=O) groups is 2. The Morgan fingerprint density at radius 3 is 2.58 bits per heavy atom. The number of anilines is 1. The highest BCUT2D eigenvalue weighted by Gasteiger charge is 2.38. The van der Waals surface area contributed by atoms with Crippen molar-refractivity contribution in [3.63, 3.8) is 0 Å². The summed E-state index contributed by atoms with van der Waals surface area (Å²) >= 11 is 0. The average molecular weight is 260 g/mol. The van der Waals surface area contributed by atoms with Crippen LogP contribution in [0.2, 0.25) is 0 Å². The van der Waals surface area contributed by atoms with E-state index < -0.39 is 12.1 Å². The van der Waals surface area contributed by atoms with E-state index in [-0.39, 0.29) is 11.8 Å². The van der Waals surface area contributed by atoms with E-state index in [2.05, 4.69) is 5.32 Å². The monoisotopic (exact) mass is 260 g/mol. The van der Waals surface area contributed by atoms with Crippen LogP contribution >= 0.6 is 0 Å². The van der Waals surface area contributed by atoms with E-state index in [4.69, 9.17) is 0 Å². The van der Waals surface area contributed by atoms with Crippen molar-refractivity contribution in [2.75, 3.05) is 4.90 Å². The fraction of sp³-hybridized carbons (Fsp3) is 0.467. The smallest absolute Gasteiger partial charge is 0.250 e. The Morgan fingerprint density at radius 1 is 1.26 bits per heavy atom. The van der Waals surface area contributed by atoms with Gasteiger partial charge in [0.2, 0.25) is 11.8 Å². The maximum atomic E-state index is 12.4. The van der Waals surface area contributed by atoms with Gasteiger partial charge >= 0.3 is 0 Å². The summed E-state index contributed by atoms with van der Waals surface area (Å²) in [7, 11) is 0. The fourth-order valence-corrected chi connectivity index (χ4v) is 2.50. The van der Waals surface area contributed by atoms with Gasteiger partial charge in [0.25, 0.3) is 0 Å². The van der Waals surface area contributed by atoms with Crippen LogP contribution in [0.1, 0.15) is 31.4 Å². The zero-order valence-electron chi connectivity index (χ0n) is 11.9. The molecule has 0 aliphatic carbocycles. The summed E-state index contributed by atoms with van der Waals surface area (Å²) in [4.78, 5) is 26.1. The van der Waals surface area contributed by atoms with Crippen LogP contribution in [0.3, 0.4) is 0 Å². The predicted molar refractivity (Wildman–Crippen MR) is 75.1 cm³/mol. The average Bonchev–Trinajstić information content (AvgIpc) is 2.37. The largest absolute Gasteiger partial charge is 0.343 e. The molecule has 0 radical (unpaired) electrons. The molecule has 1 saturated heterocycles. The second-order valence-electron chi connectivity index (χ2n) is 5.08. The van der Waals surface area contributed by atoms with Crippen LogP contribution < -0.4 is 10.2 Å². The first kappa shape index (κ1) is 13.6. The minimum absolute atomic E-state index is 0.0415. The first-order chi connectivity index (χ1) is 8.97. The normalized spacial score (nSPS) is 23.5. The second-order valence-corrected chi connectivity index (χ2v) is 5.08. The van der Waals surface area contributed by atoms with Gasteiger partial charge in [-0.15, -0.1) is 0 Å². The van der Waals surface area contributed by atoms with Crippen LogP contribution in [0.4, 0.5) is 5.69 Å². The van der Waals surface area contributed by atoms with E-state index in [1.165, 1.54) is 0 Å². The number of carbonyl (C=O) groups excluding carboxylic acids is 2. The van der Waals surface area contributed by atoms with Gasteiger partial charge in [-0.1, -0.05) is 19.1 Å². The molecule has 1 aliphatic heterocycles. The Balaban J connectivity index is 2.52. The van der Waals surface area contributed by atoms with Crippen molar-refractivity contribution in [3.8, 4) is 0 Å². The summed E-state index contributed by atoms with van der Waals surface area (Å²) < 4.78 is 0. The van der Waals surface area contributed by atoms with Gasteiger partial charge in [-0.2, -0.15) is 0 Å². The van der Waals surface area contributed by atoms with Gasteiger partial charge in [-0.25, -0.2) is 0 Å². The number of aryl methyl sites for hydroxylation is 1. The Kier molecular flexibility index (Phi) is 3.60. The summed E-state index contributed by atoms with van der Waals surface area (Å²) in [5.74, 6) is -0.115. The lowest BCUT2D eigenvalue weighted by Gasteiger charge is -2.38. The Hall–Kier alpha value is -1.84. The number of nitrogens with one attached hydrogen (secondary N) is 1. The minimum Gasteiger partial charge on any atom is -0.343 e. The number of benzene rings is 1. The molecular formula is C15H20N2O2. The van der Waals surface area contributed by atoms with Crippen molar-refractivity contribution < 1.29 is 9.59 Å². The van der Waals surface area contributed by atoms with Gasteiger partial charge in [0.05, 0.1) is 0 Å². The van der Waals surface area contributed by atoms with Crippen molar-refractivity contribution in [2.45, 2.75) is 46.2 Å². The number of nitrogens with zero attached hydrogens (tertiary/aromatic N) is 1. The topological polar surface area (TPSA) is 49.4 Å². The highest BCUT2D eigenvalue weighted by molar-refractivity contribution is 6.08. The Morgan fingerprint density at radius 2 is 1.95 bits per heavy atom. The summed E-state index contributed by atoms with van der Waals surface area (Å²) in [6, 6.07) is 4.97. The number of piperazine rings is 1. The second kappa shape index (κ2) is 5.03. The third-order valence-corrected chi connectivity index (χ3v) is 3.80. The molecule has 0 saturated carbocycles. The minimum atomic E-state index is -0.463. The quantitative estimate of drug-likeness (QED) is 0.883. The lowest BCUT2D eigenvalue weighted by atomic mass is 10.0. The molecule has 1 aromatic rings. The molecule has 0 bridgehead atoms. The Bertz CT molecular complexity index is 525. The number of hydrogen-bond acceptors (Lipinski definition) is 2. The van der Waals surface area contributed by atoms with Crippen LogP contribution in [0.25, 0.3) is 0 Å². The van der Waals surface area contributed by atoms with E-state index >= 15 is 0 Å². The molecule has 2 atom stereocenters. The van der Waals surface area contributed by atoms with E-state index in [1.54, 1.807) is 11.8 Å². The molecule has 0 aromatic heterocycles. The highest BCUT2D eigenvalue weighted by atomic mass is 16.2. The van der Waals surface area contributed by atoms with E-state index in [0.717, 1.165) is 16.8 Å². The van der Waals surface area contributed by atoms with Crippen LogP contribution in [0, 0.1) is 13.8 Å². The molecule has 4 nitrogen and oxygen atoms in total. The molecule has 1 N–H and O–H groups in total. The zero-order chi connectivity index (χ0) is 14.2. The standard InChI is InChI=1S/C15H20N2O2/c1-5-12-14(18)16-11(4)15(19)17(12)13-8-6-7-9(2)10(13)3/h6-8,11-12H,5H2,1-4H3,(H,16,18). The number of rotatable bonds is 2. The Labute approximate surface area is 113 Å². The SMILES string of the molecule is CCC1C(=O)NC(C)C(=O)N1c1cccc(C)c1C. The van der Waals surface area contributed by atoms with Crippen molar-refractivity contribution in [1.29, 1.82) is 0 Å². The summed E-state index contributed by atoms with van der Waals surface area (Å²) in [6.45, 7) is 7.65. The molecule has 19 heavy (non-hydrogen) atoms. The maximum Gasteiger partial charge on any atom is 0.250 e. The summed E-state index contributed by atoms with van der Waals surface area (Å²) in [5, 5.41) is 2.73. The maximum absolute atomic E-state index is 12.4. The van der Waals surface area contributed by atoms with Crippen molar-refractivity contribution in [2.24, 2.45) is 0 Å². The van der Waals surface area contributed by atoms with E-state index in [0.29, 0.717) is 6.42 Å². The zero-order valence-corrected chi connectivity index (χ0v) is 11.9. The van der Waals surface area contributed by atoms with Gasteiger partial charge in [0, 0.05) is 5.69 Å². The molecule has 1 aliphatic rings. The van der Waals surface area contributed by atoms with E-state index in [9.17, 15) is 9.59 Å². The lowest BCUT2D eigenvalue weighted by Crippen LogP contribution is -2.62. The van der Waals surface area contributed by atoms with Crippen molar-refractivity contribution in [1.82, 2.24) is 5.32 Å². The van der Waals surface area contributed by atoms with Gasteiger partial charge < -0.3 is 5.32 Å². The molecule has 0 spiro atoms. The molecule has 1 aromatic carbocycles. The molecule has 2 amide bonds. The molecule has 4 heteroatoms. The van der Waals surface area contributed by atoms with Gasteiger partial charge in [0.15, 0.2) is 0 Å². The third-order valence-electron chi connectivity index (χ3n) is 3.80. The molecule has 2 unspecified atom stereocenters. The van der Waals surface area contributed by atoms with Gasteiger partial charge in [0.1, 0.15) is 12.1 Å². The summed E-state index contributed by atoms with van der Waals surface area (Å²) in [6.07, 6.45) is 0.609. The molecule has 102 valence electrons.